The summed E-state index contributed by atoms with van der Waals surface area (Å²) in [6, 6.07) is 0. The lowest BCUT2D eigenvalue weighted by Gasteiger charge is -2.30. The number of amidine groups is 1. The average Bonchev–Trinajstić information content (AvgIpc) is 2.26. The summed E-state index contributed by atoms with van der Waals surface area (Å²) in [4.78, 5) is 11.2. The zero-order valence-electron chi connectivity index (χ0n) is 8.59. The molecule has 0 aromatic heterocycles. The zero-order chi connectivity index (χ0) is 11.4. The molecule has 1 fully saturated rings. The van der Waals surface area contributed by atoms with Gasteiger partial charge in [0.15, 0.2) is 0 Å². The van der Waals surface area contributed by atoms with Gasteiger partial charge in [-0.1, -0.05) is 5.16 Å². The van der Waals surface area contributed by atoms with Crippen molar-refractivity contribution < 1.29 is 19.8 Å². The molecule has 6 nitrogen and oxygen atoms in total. The molecule has 0 spiro atoms. The van der Waals surface area contributed by atoms with Crippen molar-refractivity contribution in [1.29, 1.82) is 0 Å². The number of hydrogen-bond donors (Lipinski definition) is 3. The maximum Gasteiger partial charge on any atom is 0.311 e. The fourth-order valence-electron chi connectivity index (χ4n) is 1.92. The molecule has 0 saturated heterocycles. The van der Waals surface area contributed by atoms with Crippen molar-refractivity contribution in [2.24, 2.45) is 22.7 Å². The van der Waals surface area contributed by atoms with E-state index in [1.54, 1.807) is 0 Å². The Balaban J connectivity index is 2.59. The molecule has 1 aliphatic carbocycles. The number of nitrogens with zero attached hydrogens (tertiary/aromatic N) is 1. The van der Waals surface area contributed by atoms with E-state index in [1.165, 1.54) is 7.11 Å². The highest BCUT2D eigenvalue weighted by atomic mass is 16.5. The second kappa shape index (κ2) is 4.97. The normalized spacial score (nSPS) is 32.4. The van der Waals surface area contributed by atoms with Crippen LogP contribution in [0.5, 0.6) is 0 Å². The van der Waals surface area contributed by atoms with Crippen molar-refractivity contribution in [3.63, 3.8) is 0 Å². The third kappa shape index (κ3) is 2.59. The molecule has 1 rings (SSSR count). The zero-order valence-corrected chi connectivity index (χ0v) is 8.59. The highest BCUT2D eigenvalue weighted by molar-refractivity contribution is 5.82. The van der Waals surface area contributed by atoms with Crippen LogP contribution in [0.2, 0.25) is 0 Å². The molecular formula is C9H16N2O4. The second-order valence-electron chi connectivity index (χ2n) is 3.73. The number of rotatable bonds is 2. The van der Waals surface area contributed by atoms with Crippen LogP contribution >= 0.6 is 0 Å². The van der Waals surface area contributed by atoms with Crippen molar-refractivity contribution in [3.8, 4) is 0 Å². The molecule has 86 valence electrons. The van der Waals surface area contributed by atoms with E-state index < -0.39 is 18.0 Å². The van der Waals surface area contributed by atoms with Crippen molar-refractivity contribution >= 4 is 11.8 Å². The molecule has 6 heteroatoms. The molecular weight excluding hydrogens is 200 g/mol. The van der Waals surface area contributed by atoms with Crippen LogP contribution in [0.1, 0.15) is 19.3 Å². The Hall–Kier alpha value is -1.30. The van der Waals surface area contributed by atoms with Crippen LogP contribution in [0.25, 0.3) is 0 Å². The number of ether oxygens (including phenoxy) is 1. The fourth-order valence-corrected chi connectivity index (χ4v) is 1.92. The minimum atomic E-state index is -0.781. The Morgan fingerprint density at radius 1 is 1.53 bits per heavy atom. The molecule has 3 atom stereocenters. The van der Waals surface area contributed by atoms with Crippen molar-refractivity contribution in [2.45, 2.75) is 25.4 Å². The fraction of sp³-hybridized carbons (Fsp3) is 0.778. The summed E-state index contributed by atoms with van der Waals surface area (Å²) in [6.07, 6.45) is 0.661. The maximum atomic E-state index is 11.2. The second-order valence-corrected chi connectivity index (χ2v) is 3.73. The van der Waals surface area contributed by atoms with Crippen LogP contribution in [-0.2, 0) is 9.53 Å². The summed E-state index contributed by atoms with van der Waals surface area (Å²) in [6.45, 7) is 0. The van der Waals surface area contributed by atoms with Gasteiger partial charge in [0.2, 0.25) is 0 Å². The van der Waals surface area contributed by atoms with Gasteiger partial charge in [0.25, 0.3) is 0 Å². The van der Waals surface area contributed by atoms with E-state index in [0.717, 1.165) is 0 Å². The molecule has 1 aliphatic rings. The van der Waals surface area contributed by atoms with Crippen molar-refractivity contribution in [3.05, 3.63) is 0 Å². The van der Waals surface area contributed by atoms with Gasteiger partial charge in [0.1, 0.15) is 5.84 Å². The SMILES string of the molecule is COC(=O)C1CCC(/C(N)=N/O)CC1O. The number of carbonyl (C=O) groups excluding carboxylic acids is 1. The number of hydrogen-bond acceptors (Lipinski definition) is 5. The van der Waals surface area contributed by atoms with E-state index in [-0.39, 0.29) is 11.8 Å². The number of carbonyl (C=O) groups is 1. The maximum absolute atomic E-state index is 11.2. The highest BCUT2D eigenvalue weighted by Gasteiger charge is 2.35. The minimum Gasteiger partial charge on any atom is -0.469 e. The molecule has 1 saturated carbocycles. The number of nitrogens with two attached hydrogens (primary N) is 1. The number of esters is 1. The van der Waals surface area contributed by atoms with Crippen LogP contribution in [0, 0.1) is 11.8 Å². The molecule has 0 heterocycles. The van der Waals surface area contributed by atoms with Gasteiger partial charge in [-0.25, -0.2) is 0 Å². The van der Waals surface area contributed by atoms with Gasteiger partial charge in [-0.2, -0.15) is 0 Å². The highest BCUT2D eigenvalue weighted by Crippen LogP contribution is 2.30. The van der Waals surface area contributed by atoms with Crippen LogP contribution in [-0.4, -0.2) is 35.3 Å². The van der Waals surface area contributed by atoms with Gasteiger partial charge in [-0.3, -0.25) is 4.79 Å². The van der Waals surface area contributed by atoms with Gasteiger partial charge < -0.3 is 20.8 Å². The quantitative estimate of drug-likeness (QED) is 0.193. The molecule has 0 bridgehead atoms. The molecule has 15 heavy (non-hydrogen) atoms. The first-order chi connectivity index (χ1) is 7.10. The van der Waals surface area contributed by atoms with Gasteiger partial charge in [0.05, 0.1) is 19.1 Å². The smallest absolute Gasteiger partial charge is 0.311 e. The van der Waals surface area contributed by atoms with Crippen LogP contribution in [0.3, 0.4) is 0 Å². The molecule has 0 aliphatic heterocycles. The topological polar surface area (TPSA) is 105 Å². The number of oxime groups is 1. The van der Waals surface area contributed by atoms with E-state index in [9.17, 15) is 9.90 Å². The standard InChI is InChI=1S/C9H16N2O4/c1-15-9(13)6-3-2-5(4-7(6)12)8(10)11-14/h5-7,12,14H,2-4H2,1H3,(H2,10,11). The summed E-state index contributed by atoms with van der Waals surface area (Å²) >= 11 is 0. The van der Waals surface area contributed by atoms with Crippen LogP contribution < -0.4 is 5.73 Å². The average molecular weight is 216 g/mol. The first kappa shape index (κ1) is 11.8. The van der Waals surface area contributed by atoms with Crippen LogP contribution in [0.15, 0.2) is 5.16 Å². The number of methoxy groups -OCH3 is 1. The van der Waals surface area contributed by atoms with E-state index in [0.29, 0.717) is 19.3 Å². The monoisotopic (exact) mass is 216 g/mol. The molecule has 0 radical (unpaired) electrons. The van der Waals surface area contributed by atoms with E-state index in [2.05, 4.69) is 9.89 Å². The lowest BCUT2D eigenvalue weighted by molar-refractivity contribution is -0.151. The molecule has 0 amide bonds. The Morgan fingerprint density at radius 3 is 2.67 bits per heavy atom. The first-order valence-electron chi connectivity index (χ1n) is 4.83. The van der Waals surface area contributed by atoms with Gasteiger partial charge in [-0.05, 0) is 19.3 Å². The summed E-state index contributed by atoms with van der Waals surface area (Å²) in [5.74, 6) is -0.943. The van der Waals surface area contributed by atoms with Crippen LogP contribution in [0.4, 0.5) is 0 Å². The molecule has 3 unspecified atom stereocenters. The Morgan fingerprint density at radius 2 is 2.20 bits per heavy atom. The van der Waals surface area contributed by atoms with Crippen molar-refractivity contribution in [2.75, 3.05) is 7.11 Å². The Kier molecular flexibility index (Phi) is 3.90. The predicted octanol–water partition coefficient (Wildman–Crippen LogP) is -0.317. The first-order valence-corrected chi connectivity index (χ1v) is 4.83. The molecule has 4 N–H and O–H groups in total. The van der Waals surface area contributed by atoms with Gasteiger partial charge in [0, 0.05) is 5.92 Å². The van der Waals surface area contributed by atoms with Gasteiger partial charge >= 0.3 is 5.97 Å². The van der Waals surface area contributed by atoms with Gasteiger partial charge in [-0.15, -0.1) is 0 Å². The minimum absolute atomic E-state index is 0.109. The van der Waals surface area contributed by atoms with E-state index >= 15 is 0 Å². The van der Waals surface area contributed by atoms with E-state index in [1.807, 2.05) is 0 Å². The summed E-state index contributed by atoms with van der Waals surface area (Å²) < 4.78 is 4.57. The van der Waals surface area contributed by atoms with Crippen molar-refractivity contribution in [1.82, 2.24) is 0 Å². The lowest BCUT2D eigenvalue weighted by Crippen LogP contribution is -2.39. The third-order valence-electron chi connectivity index (χ3n) is 2.85. The van der Waals surface area contributed by atoms with E-state index in [4.69, 9.17) is 10.9 Å². The summed E-state index contributed by atoms with van der Waals surface area (Å²) in [5.41, 5.74) is 5.44. The summed E-state index contributed by atoms with van der Waals surface area (Å²) in [7, 11) is 1.30. The Bertz CT molecular complexity index is 267. The lowest BCUT2D eigenvalue weighted by atomic mass is 9.79. The summed E-state index contributed by atoms with van der Waals surface area (Å²) in [5, 5.41) is 21.1. The predicted molar refractivity (Wildman–Crippen MR) is 52.3 cm³/mol. The number of aliphatic hydroxyl groups is 1. The molecule has 0 aromatic carbocycles. The molecule has 0 aromatic rings. The Labute approximate surface area is 87.7 Å². The number of aliphatic hydroxyl groups excluding tert-OH is 1. The third-order valence-corrected chi connectivity index (χ3v) is 2.85. The largest absolute Gasteiger partial charge is 0.469 e.